The molecular formula is C11H22INO2. The van der Waals surface area contributed by atoms with Gasteiger partial charge in [0.05, 0.1) is 20.1 Å². The first-order valence-electron chi connectivity index (χ1n) is 5.53. The van der Waals surface area contributed by atoms with Gasteiger partial charge < -0.3 is 33.2 Å². The average Bonchev–Trinajstić information content (AvgIpc) is 2.02. The van der Waals surface area contributed by atoms with Crippen LogP contribution in [0, 0.1) is 0 Å². The van der Waals surface area contributed by atoms with Crippen molar-refractivity contribution in [3.8, 4) is 0 Å². The Bertz CT molecular complexity index is 203. The predicted octanol–water partition coefficient (Wildman–Crippen LogP) is -1.43. The lowest BCUT2D eigenvalue weighted by molar-refractivity contribution is -0.916. The summed E-state index contributed by atoms with van der Waals surface area (Å²) in [4.78, 5) is 10.8. The molecule has 15 heavy (non-hydrogen) atoms. The van der Waals surface area contributed by atoms with Crippen molar-refractivity contribution in [1.29, 1.82) is 0 Å². The molecule has 0 aromatic heterocycles. The number of quaternary nitrogens is 1. The highest BCUT2D eigenvalue weighted by atomic mass is 127. The van der Waals surface area contributed by atoms with E-state index in [-0.39, 0.29) is 36.0 Å². The smallest absolute Gasteiger partial charge is 0.303 e. The van der Waals surface area contributed by atoms with Crippen molar-refractivity contribution in [2.75, 3.05) is 26.7 Å². The van der Waals surface area contributed by atoms with Crippen molar-refractivity contribution in [3.05, 3.63) is 0 Å². The van der Waals surface area contributed by atoms with Crippen LogP contribution in [0.25, 0.3) is 0 Å². The van der Waals surface area contributed by atoms with E-state index in [0.29, 0.717) is 0 Å². The molecule has 0 saturated carbocycles. The van der Waals surface area contributed by atoms with Gasteiger partial charge in [-0.25, -0.2) is 0 Å². The molecule has 1 fully saturated rings. The summed E-state index contributed by atoms with van der Waals surface area (Å²) in [5, 5.41) is 0. The zero-order chi connectivity index (χ0) is 10.6. The Labute approximate surface area is 110 Å². The fourth-order valence-corrected chi connectivity index (χ4v) is 2.40. The number of nitrogens with zero attached hydrogens (tertiary/aromatic N) is 1. The first kappa shape index (κ1) is 15.2. The molecule has 1 aliphatic rings. The van der Waals surface area contributed by atoms with E-state index in [1.807, 2.05) is 6.92 Å². The summed E-state index contributed by atoms with van der Waals surface area (Å²) >= 11 is 0. The fraction of sp³-hybridized carbons (Fsp3) is 0.909. The van der Waals surface area contributed by atoms with E-state index in [1.54, 1.807) is 0 Å². The minimum atomic E-state index is -0.166. The van der Waals surface area contributed by atoms with Gasteiger partial charge in [-0.05, 0) is 26.2 Å². The topological polar surface area (TPSA) is 26.3 Å². The van der Waals surface area contributed by atoms with E-state index in [9.17, 15) is 4.79 Å². The number of carbonyl (C=O) groups is 1. The number of rotatable bonds is 3. The molecule has 1 unspecified atom stereocenters. The largest absolute Gasteiger partial charge is 1.00 e. The molecule has 0 aromatic rings. The third kappa shape index (κ3) is 5.70. The summed E-state index contributed by atoms with van der Waals surface area (Å²) in [5.41, 5.74) is 0. The van der Waals surface area contributed by atoms with Crippen molar-refractivity contribution in [1.82, 2.24) is 0 Å². The highest BCUT2D eigenvalue weighted by Gasteiger charge is 2.27. The summed E-state index contributed by atoms with van der Waals surface area (Å²) < 4.78 is 6.23. The Kier molecular flexibility index (Phi) is 6.75. The number of likely N-dealkylation sites (N-methyl/N-ethyl adjacent to an activating group) is 1. The maximum absolute atomic E-state index is 10.8. The molecule has 0 radical (unpaired) electrons. The minimum absolute atomic E-state index is 0. The van der Waals surface area contributed by atoms with Crippen molar-refractivity contribution >= 4 is 5.97 Å². The third-order valence-corrected chi connectivity index (χ3v) is 2.96. The summed E-state index contributed by atoms with van der Waals surface area (Å²) in [6.07, 6.45) is 4.03. The molecule has 1 atom stereocenters. The molecule has 1 heterocycles. The van der Waals surface area contributed by atoms with E-state index in [1.165, 1.54) is 39.3 Å². The van der Waals surface area contributed by atoms with E-state index >= 15 is 0 Å². The van der Waals surface area contributed by atoms with E-state index in [0.717, 1.165) is 11.0 Å². The van der Waals surface area contributed by atoms with Crippen LogP contribution in [0.4, 0.5) is 0 Å². The molecule has 3 nitrogen and oxygen atoms in total. The van der Waals surface area contributed by atoms with Crippen LogP contribution in [0.2, 0.25) is 0 Å². The molecule has 0 aromatic carbocycles. The molecule has 1 rings (SSSR count). The number of ether oxygens (including phenoxy) is 1. The number of hydrogen-bond donors (Lipinski definition) is 0. The van der Waals surface area contributed by atoms with Crippen LogP contribution in [-0.2, 0) is 9.53 Å². The van der Waals surface area contributed by atoms with Gasteiger partial charge in [0.25, 0.3) is 0 Å². The van der Waals surface area contributed by atoms with E-state index in [4.69, 9.17) is 4.74 Å². The summed E-state index contributed by atoms with van der Waals surface area (Å²) in [5.74, 6) is -0.166. The maximum atomic E-state index is 10.8. The van der Waals surface area contributed by atoms with Gasteiger partial charge in [0.15, 0.2) is 0 Å². The fourth-order valence-electron chi connectivity index (χ4n) is 2.40. The van der Waals surface area contributed by atoms with Gasteiger partial charge in [-0.15, -0.1) is 0 Å². The van der Waals surface area contributed by atoms with Gasteiger partial charge in [-0.3, -0.25) is 4.79 Å². The normalized spacial score (nSPS) is 21.3. The standard InChI is InChI=1S/C11H22NO2.HI/c1-10(14-11(2)13)9-12(3)7-5-4-6-8-12;/h10H,4-9H2,1-3H3;1H/q+1;/p-1. The van der Waals surface area contributed by atoms with Crippen LogP contribution >= 0.6 is 0 Å². The molecular weight excluding hydrogens is 305 g/mol. The molecule has 4 heteroatoms. The Morgan fingerprint density at radius 1 is 1.33 bits per heavy atom. The minimum Gasteiger partial charge on any atom is -1.00 e. The Balaban J connectivity index is 0.00000196. The number of esters is 1. The lowest BCUT2D eigenvalue weighted by atomic mass is 10.1. The van der Waals surface area contributed by atoms with Crippen LogP contribution < -0.4 is 24.0 Å². The van der Waals surface area contributed by atoms with Crippen LogP contribution in [0.3, 0.4) is 0 Å². The van der Waals surface area contributed by atoms with Gasteiger partial charge in [-0.1, -0.05) is 0 Å². The monoisotopic (exact) mass is 327 g/mol. The first-order valence-corrected chi connectivity index (χ1v) is 5.53. The molecule has 1 aliphatic heterocycles. The summed E-state index contributed by atoms with van der Waals surface area (Å²) in [6, 6.07) is 0. The predicted molar refractivity (Wildman–Crippen MR) is 55.9 cm³/mol. The lowest BCUT2D eigenvalue weighted by Crippen LogP contribution is -3.00. The zero-order valence-corrected chi connectivity index (χ0v) is 12.1. The second-order valence-corrected chi connectivity index (χ2v) is 4.73. The van der Waals surface area contributed by atoms with Gasteiger partial charge in [0.2, 0.25) is 0 Å². The third-order valence-electron chi connectivity index (χ3n) is 2.96. The molecule has 0 aliphatic carbocycles. The molecule has 1 saturated heterocycles. The molecule has 0 amide bonds. The van der Waals surface area contributed by atoms with Crippen molar-refractivity contribution in [3.63, 3.8) is 0 Å². The second-order valence-electron chi connectivity index (χ2n) is 4.73. The van der Waals surface area contributed by atoms with Gasteiger partial charge in [0, 0.05) is 6.92 Å². The molecule has 0 bridgehead atoms. The molecule has 0 N–H and O–H groups in total. The number of likely N-dealkylation sites (tertiary alicyclic amines) is 1. The first-order chi connectivity index (χ1) is 6.52. The van der Waals surface area contributed by atoms with Crippen LogP contribution in [-0.4, -0.2) is 43.2 Å². The van der Waals surface area contributed by atoms with E-state index in [2.05, 4.69) is 7.05 Å². The Hall–Kier alpha value is 0.160. The second kappa shape index (κ2) is 6.68. The van der Waals surface area contributed by atoms with Crippen LogP contribution in [0.1, 0.15) is 33.1 Å². The van der Waals surface area contributed by atoms with Gasteiger partial charge in [0.1, 0.15) is 12.6 Å². The van der Waals surface area contributed by atoms with Crippen molar-refractivity contribution < 1.29 is 38.0 Å². The van der Waals surface area contributed by atoms with Crippen molar-refractivity contribution in [2.24, 2.45) is 0 Å². The number of carbonyl (C=O) groups excluding carboxylic acids is 1. The van der Waals surface area contributed by atoms with Crippen LogP contribution in [0.5, 0.6) is 0 Å². The van der Waals surface area contributed by atoms with Crippen LogP contribution in [0.15, 0.2) is 0 Å². The Morgan fingerprint density at radius 3 is 2.33 bits per heavy atom. The van der Waals surface area contributed by atoms with Gasteiger partial charge in [-0.2, -0.15) is 0 Å². The van der Waals surface area contributed by atoms with Crippen molar-refractivity contribution in [2.45, 2.75) is 39.2 Å². The lowest BCUT2D eigenvalue weighted by Gasteiger charge is -2.39. The highest BCUT2D eigenvalue weighted by Crippen LogP contribution is 2.17. The summed E-state index contributed by atoms with van der Waals surface area (Å²) in [7, 11) is 2.26. The number of hydrogen-bond acceptors (Lipinski definition) is 2. The SMILES string of the molecule is CC(=O)OC(C)C[N+]1(C)CCCCC1.[I-]. The average molecular weight is 327 g/mol. The zero-order valence-electron chi connectivity index (χ0n) is 9.96. The van der Waals surface area contributed by atoms with Gasteiger partial charge >= 0.3 is 5.97 Å². The summed E-state index contributed by atoms with van der Waals surface area (Å²) in [6.45, 7) is 6.88. The van der Waals surface area contributed by atoms with E-state index < -0.39 is 0 Å². The maximum Gasteiger partial charge on any atom is 0.303 e. The number of piperidine rings is 1. The molecule has 0 spiro atoms. The number of halogens is 1. The quantitative estimate of drug-likeness (QED) is 0.361. The Morgan fingerprint density at radius 2 is 1.87 bits per heavy atom. The molecule has 90 valence electrons. The highest BCUT2D eigenvalue weighted by molar-refractivity contribution is 5.66.